The molecule has 0 spiro atoms. The zero-order valence-electron chi connectivity index (χ0n) is 11.5. The van der Waals surface area contributed by atoms with Crippen LogP contribution in [0.25, 0.3) is 10.9 Å². The van der Waals surface area contributed by atoms with Crippen molar-refractivity contribution in [3.63, 3.8) is 0 Å². The summed E-state index contributed by atoms with van der Waals surface area (Å²) in [5.41, 5.74) is 4.57. The predicted octanol–water partition coefficient (Wildman–Crippen LogP) is 4.09. The Labute approximate surface area is 131 Å². The van der Waals surface area contributed by atoms with Gasteiger partial charge in [-0.15, -0.1) is 0 Å². The molecule has 0 saturated carbocycles. The molecule has 0 bridgehead atoms. The van der Waals surface area contributed by atoms with E-state index in [1.165, 1.54) is 11.3 Å². The fourth-order valence-electron chi connectivity index (χ4n) is 2.67. The number of aromatic nitrogens is 2. The van der Waals surface area contributed by atoms with Crippen molar-refractivity contribution >= 4 is 44.0 Å². The molecule has 0 radical (unpaired) electrons. The standard InChI is InChI=1S/C16H13BrN4/c1-21-8-10-5-13-14(7-15(10)21)18-9-19-16(13)20-12-4-2-3-11(17)6-12/h2-7,9H,8H2,1H3,(H,18,19,20). The van der Waals surface area contributed by atoms with Crippen LogP contribution in [0.4, 0.5) is 17.2 Å². The molecule has 5 heteroatoms. The highest BCUT2D eigenvalue weighted by Gasteiger charge is 2.20. The molecular weight excluding hydrogens is 328 g/mol. The van der Waals surface area contributed by atoms with Gasteiger partial charge in [-0.05, 0) is 35.9 Å². The van der Waals surface area contributed by atoms with Crippen LogP contribution in [0.2, 0.25) is 0 Å². The van der Waals surface area contributed by atoms with Crippen LogP contribution in [0.15, 0.2) is 47.2 Å². The summed E-state index contributed by atoms with van der Waals surface area (Å²) in [4.78, 5) is 11.0. The first-order valence-electron chi connectivity index (χ1n) is 6.72. The van der Waals surface area contributed by atoms with Gasteiger partial charge in [0.1, 0.15) is 12.1 Å². The number of nitrogens with zero attached hydrogens (tertiary/aromatic N) is 3. The second-order valence-electron chi connectivity index (χ2n) is 5.21. The number of nitrogens with one attached hydrogen (secondary N) is 1. The molecule has 0 atom stereocenters. The molecule has 21 heavy (non-hydrogen) atoms. The second-order valence-corrected chi connectivity index (χ2v) is 6.13. The van der Waals surface area contributed by atoms with Crippen molar-refractivity contribution in [1.82, 2.24) is 9.97 Å². The van der Waals surface area contributed by atoms with Crippen LogP contribution in [0, 0.1) is 0 Å². The fourth-order valence-corrected chi connectivity index (χ4v) is 3.07. The molecule has 104 valence electrons. The lowest BCUT2D eigenvalue weighted by Gasteiger charge is -2.32. The second kappa shape index (κ2) is 4.70. The van der Waals surface area contributed by atoms with E-state index in [1.807, 2.05) is 24.3 Å². The van der Waals surface area contributed by atoms with Gasteiger partial charge in [0.05, 0.1) is 5.52 Å². The third kappa shape index (κ3) is 2.14. The molecular formula is C16H13BrN4. The minimum atomic E-state index is 0.843. The van der Waals surface area contributed by atoms with Gasteiger partial charge in [-0.1, -0.05) is 22.0 Å². The minimum absolute atomic E-state index is 0.843. The normalized spacial score (nSPS) is 13.0. The molecule has 1 aromatic heterocycles. The molecule has 4 rings (SSSR count). The van der Waals surface area contributed by atoms with E-state index in [1.54, 1.807) is 6.33 Å². The molecule has 2 heterocycles. The first-order valence-corrected chi connectivity index (χ1v) is 7.51. The number of fused-ring (bicyclic) bond motifs is 2. The number of hydrogen-bond acceptors (Lipinski definition) is 4. The quantitative estimate of drug-likeness (QED) is 0.762. The fraction of sp³-hybridized carbons (Fsp3) is 0.125. The van der Waals surface area contributed by atoms with Gasteiger partial charge in [-0.2, -0.15) is 0 Å². The monoisotopic (exact) mass is 340 g/mol. The summed E-state index contributed by atoms with van der Waals surface area (Å²) < 4.78 is 1.04. The van der Waals surface area contributed by atoms with E-state index in [0.29, 0.717) is 0 Å². The molecule has 0 saturated heterocycles. The van der Waals surface area contributed by atoms with Gasteiger partial charge in [0, 0.05) is 34.8 Å². The van der Waals surface area contributed by atoms with E-state index < -0.39 is 0 Å². The highest BCUT2D eigenvalue weighted by atomic mass is 79.9. The molecule has 1 N–H and O–H groups in total. The maximum absolute atomic E-state index is 4.39. The van der Waals surface area contributed by atoms with Gasteiger partial charge in [0.15, 0.2) is 0 Å². The third-order valence-electron chi connectivity index (χ3n) is 3.74. The molecule has 0 amide bonds. The Hall–Kier alpha value is -2.14. The number of halogens is 1. The van der Waals surface area contributed by atoms with Crippen molar-refractivity contribution in [2.75, 3.05) is 17.3 Å². The van der Waals surface area contributed by atoms with Gasteiger partial charge in [0.25, 0.3) is 0 Å². The Bertz CT molecular complexity index is 847. The summed E-state index contributed by atoms with van der Waals surface area (Å²) in [6.45, 7) is 0.983. The molecule has 0 fully saturated rings. The molecule has 1 aliphatic rings. The van der Waals surface area contributed by atoms with Crippen LogP contribution >= 0.6 is 15.9 Å². The molecule has 2 aromatic carbocycles. The highest BCUT2D eigenvalue weighted by Crippen LogP contribution is 2.36. The maximum Gasteiger partial charge on any atom is 0.141 e. The average molecular weight is 341 g/mol. The van der Waals surface area contributed by atoms with E-state index in [-0.39, 0.29) is 0 Å². The van der Waals surface area contributed by atoms with E-state index in [0.717, 1.165) is 33.4 Å². The summed E-state index contributed by atoms with van der Waals surface area (Å²) in [5.74, 6) is 0.843. The van der Waals surface area contributed by atoms with Crippen LogP contribution in [0.1, 0.15) is 5.56 Å². The van der Waals surface area contributed by atoms with E-state index in [9.17, 15) is 0 Å². The molecule has 0 aliphatic carbocycles. The van der Waals surface area contributed by atoms with E-state index in [4.69, 9.17) is 0 Å². The molecule has 4 nitrogen and oxygen atoms in total. The Morgan fingerprint density at radius 3 is 2.90 bits per heavy atom. The van der Waals surface area contributed by atoms with Gasteiger partial charge in [-0.25, -0.2) is 9.97 Å². The summed E-state index contributed by atoms with van der Waals surface area (Å²) in [7, 11) is 2.09. The lowest BCUT2D eigenvalue weighted by molar-refractivity contribution is 0.839. The zero-order valence-corrected chi connectivity index (χ0v) is 13.1. The number of rotatable bonds is 2. The van der Waals surface area contributed by atoms with Crippen LogP contribution in [0.3, 0.4) is 0 Å². The Morgan fingerprint density at radius 2 is 2.10 bits per heavy atom. The molecule has 0 unspecified atom stereocenters. The minimum Gasteiger partial charge on any atom is -0.370 e. The van der Waals surface area contributed by atoms with Crippen molar-refractivity contribution in [1.29, 1.82) is 0 Å². The zero-order chi connectivity index (χ0) is 14.4. The van der Waals surface area contributed by atoms with Crippen LogP contribution in [-0.4, -0.2) is 17.0 Å². The summed E-state index contributed by atoms with van der Waals surface area (Å²) in [5, 5.41) is 4.43. The van der Waals surface area contributed by atoms with E-state index in [2.05, 4.69) is 55.3 Å². The van der Waals surface area contributed by atoms with Crippen LogP contribution < -0.4 is 10.2 Å². The average Bonchev–Trinajstić information content (AvgIpc) is 2.46. The van der Waals surface area contributed by atoms with Crippen LogP contribution in [-0.2, 0) is 6.54 Å². The first-order chi connectivity index (χ1) is 10.2. The predicted molar refractivity (Wildman–Crippen MR) is 89.1 cm³/mol. The Balaban J connectivity index is 1.80. The SMILES string of the molecule is CN1Cc2cc3c(Nc4cccc(Br)c4)ncnc3cc21. The lowest BCUT2D eigenvalue weighted by atomic mass is 10.0. The van der Waals surface area contributed by atoms with Crippen molar-refractivity contribution in [3.8, 4) is 0 Å². The van der Waals surface area contributed by atoms with Gasteiger partial charge >= 0.3 is 0 Å². The molecule has 3 aromatic rings. The van der Waals surface area contributed by atoms with Crippen LogP contribution in [0.5, 0.6) is 0 Å². The Kier molecular flexibility index (Phi) is 2.82. The Morgan fingerprint density at radius 1 is 1.19 bits per heavy atom. The summed E-state index contributed by atoms with van der Waals surface area (Å²) in [6.07, 6.45) is 1.60. The number of hydrogen-bond donors (Lipinski definition) is 1. The number of anilines is 3. The van der Waals surface area contributed by atoms with Crippen molar-refractivity contribution in [2.24, 2.45) is 0 Å². The van der Waals surface area contributed by atoms with Gasteiger partial charge < -0.3 is 10.2 Å². The maximum atomic E-state index is 4.39. The van der Waals surface area contributed by atoms with E-state index >= 15 is 0 Å². The van der Waals surface area contributed by atoms with Crippen molar-refractivity contribution in [3.05, 3.63) is 52.8 Å². The summed E-state index contributed by atoms with van der Waals surface area (Å²) in [6, 6.07) is 12.4. The lowest BCUT2D eigenvalue weighted by Crippen LogP contribution is -2.27. The van der Waals surface area contributed by atoms with Gasteiger partial charge in [-0.3, -0.25) is 0 Å². The van der Waals surface area contributed by atoms with Crippen molar-refractivity contribution < 1.29 is 0 Å². The highest BCUT2D eigenvalue weighted by molar-refractivity contribution is 9.10. The summed E-state index contributed by atoms with van der Waals surface area (Å²) >= 11 is 3.48. The topological polar surface area (TPSA) is 41.0 Å². The largest absolute Gasteiger partial charge is 0.370 e. The third-order valence-corrected chi connectivity index (χ3v) is 4.24. The van der Waals surface area contributed by atoms with Crippen molar-refractivity contribution in [2.45, 2.75) is 6.54 Å². The smallest absolute Gasteiger partial charge is 0.141 e. The number of benzene rings is 2. The van der Waals surface area contributed by atoms with Gasteiger partial charge in [0.2, 0.25) is 0 Å². The molecule has 1 aliphatic heterocycles. The first kappa shape index (κ1) is 12.6.